The summed E-state index contributed by atoms with van der Waals surface area (Å²) in [7, 11) is -1.55. The molecule has 2 heterocycles. The van der Waals surface area contributed by atoms with Crippen LogP contribution in [-0.4, -0.2) is 36.5 Å². The van der Waals surface area contributed by atoms with Crippen LogP contribution >= 0.6 is 0 Å². The van der Waals surface area contributed by atoms with E-state index in [4.69, 9.17) is 4.74 Å². The van der Waals surface area contributed by atoms with Gasteiger partial charge in [0.2, 0.25) is 0 Å². The van der Waals surface area contributed by atoms with E-state index >= 15 is 0 Å². The first-order valence-electron chi connectivity index (χ1n) is 7.70. The van der Waals surface area contributed by atoms with E-state index in [1.807, 2.05) is 0 Å². The zero-order valence-electron chi connectivity index (χ0n) is 14.4. The van der Waals surface area contributed by atoms with E-state index in [0.717, 1.165) is 0 Å². The minimum atomic E-state index is -1.55. The number of pyridine rings is 2. The number of esters is 1. The molecule has 0 unspecified atom stereocenters. The van der Waals surface area contributed by atoms with Crippen LogP contribution in [0, 0.1) is 11.5 Å². The summed E-state index contributed by atoms with van der Waals surface area (Å²) in [6, 6.07) is 6.54. The van der Waals surface area contributed by atoms with Crippen LogP contribution in [0.15, 0.2) is 49.1 Å². The number of carbonyl (C=O) groups excluding carboxylic acids is 2. The summed E-state index contributed by atoms with van der Waals surface area (Å²) in [6.45, 7) is 6.15. The van der Waals surface area contributed by atoms with Gasteiger partial charge >= 0.3 is 11.9 Å². The molecule has 0 bridgehead atoms. The number of rotatable bonds is 3. The Hall–Kier alpha value is -2.98. The fourth-order valence-corrected chi connectivity index (χ4v) is 2.53. The maximum Gasteiger partial charge on any atom is 0.398 e. The summed E-state index contributed by atoms with van der Waals surface area (Å²) in [5.74, 6) is 1.05. The molecule has 2 rings (SSSR count). The van der Waals surface area contributed by atoms with Crippen molar-refractivity contribution in [1.29, 1.82) is 0 Å². The van der Waals surface area contributed by atoms with Gasteiger partial charge in [-0.15, -0.1) is 5.54 Å². The van der Waals surface area contributed by atoms with Crippen LogP contribution < -0.4 is 4.90 Å². The molecule has 0 saturated carbocycles. The molecule has 2 aromatic rings. The van der Waals surface area contributed by atoms with Crippen molar-refractivity contribution < 1.29 is 14.3 Å². The SMILES string of the molecule is C[Si](C)(C)C#CCOC(=O)C(=O)N(c1ccncc1)c1ccncc1. The molecule has 0 aliphatic carbocycles. The van der Waals surface area contributed by atoms with Crippen molar-refractivity contribution in [3.05, 3.63) is 49.1 Å². The van der Waals surface area contributed by atoms with Crippen molar-refractivity contribution in [3.63, 3.8) is 0 Å². The number of aromatic nitrogens is 2. The molecule has 1 amide bonds. The van der Waals surface area contributed by atoms with Gasteiger partial charge < -0.3 is 4.74 Å². The van der Waals surface area contributed by atoms with Crippen molar-refractivity contribution in [2.24, 2.45) is 0 Å². The number of hydrogen-bond donors (Lipinski definition) is 0. The Morgan fingerprint density at radius 1 is 1.00 bits per heavy atom. The molecule has 25 heavy (non-hydrogen) atoms. The Labute approximate surface area is 147 Å². The van der Waals surface area contributed by atoms with Gasteiger partial charge in [-0.3, -0.25) is 19.7 Å². The molecule has 0 spiro atoms. The van der Waals surface area contributed by atoms with E-state index in [2.05, 4.69) is 41.1 Å². The lowest BCUT2D eigenvalue weighted by Gasteiger charge is -2.21. The van der Waals surface area contributed by atoms with Crippen molar-refractivity contribution in [1.82, 2.24) is 9.97 Å². The van der Waals surface area contributed by atoms with E-state index in [1.165, 1.54) is 4.90 Å². The Kier molecular flexibility index (Phi) is 6.03. The van der Waals surface area contributed by atoms with Gasteiger partial charge in [-0.05, 0) is 24.3 Å². The summed E-state index contributed by atoms with van der Waals surface area (Å²) >= 11 is 0. The molecule has 0 radical (unpaired) electrons. The first-order valence-corrected chi connectivity index (χ1v) is 11.2. The first kappa shape index (κ1) is 18.4. The van der Waals surface area contributed by atoms with E-state index in [1.54, 1.807) is 49.1 Å². The van der Waals surface area contributed by atoms with Crippen LogP contribution in [-0.2, 0) is 14.3 Å². The zero-order valence-corrected chi connectivity index (χ0v) is 15.4. The third-order valence-electron chi connectivity index (χ3n) is 2.96. The maximum atomic E-state index is 12.6. The van der Waals surface area contributed by atoms with E-state index < -0.39 is 20.0 Å². The number of nitrogens with zero attached hydrogens (tertiary/aromatic N) is 3. The average molecular weight is 353 g/mol. The van der Waals surface area contributed by atoms with Crippen LogP contribution in [0.3, 0.4) is 0 Å². The van der Waals surface area contributed by atoms with Gasteiger partial charge in [0.1, 0.15) is 8.07 Å². The predicted octanol–water partition coefficient (Wildman–Crippen LogP) is 2.57. The number of anilines is 2. The quantitative estimate of drug-likeness (QED) is 0.367. The van der Waals surface area contributed by atoms with E-state index in [9.17, 15) is 9.59 Å². The highest BCUT2D eigenvalue weighted by Crippen LogP contribution is 2.24. The Morgan fingerprint density at radius 3 is 1.92 bits per heavy atom. The first-order chi connectivity index (χ1) is 11.9. The van der Waals surface area contributed by atoms with Crippen molar-refractivity contribution in [2.75, 3.05) is 11.5 Å². The highest BCUT2D eigenvalue weighted by Gasteiger charge is 2.26. The second-order valence-corrected chi connectivity index (χ2v) is 10.9. The standard InChI is InChI=1S/C18H19N3O3Si/c1-25(2,3)14-4-13-24-18(23)17(22)21(15-5-9-19-10-6-15)16-7-11-20-12-8-16/h5-12H,13H2,1-3H3. The van der Waals surface area contributed by atoms with Gasteiger partial charge in [-0.1, -0.05) is 25.6 Å². The molecule has 0 N–H and O–H groups in total. The molecule has 6 nitrogen and oxygen atoms in total. The third-order valence-corrected chi connectivity index (χ3v) is 3.89. The molecule has 0 aliphatic heterocycles. The Balaban J connectivity index is 2.18. The molecule has 0 fully saturated rings. The minimum Gasteiger partial charge on any atom is -0.445 e. The van der Waals surface area contributed by atoms with Crippen molar-refractivity contribution in [2.45, 2.75) is 19.6 Å². The molecule has 2 aromatic heterocycles. The number of hydrogen-bond acceptors (Lipinski definition) is 5. The molecule has 7 heteroatoms. The third kappa shape index (κ3) is 5.55. The largest absolute Gasteiger partial charge is 0.445 e. The molecule has 128 valence electrons. The Bertz CT molecular complexity index is 754. The highest BCUT2D eigenvalue weighted by atomic mass is 28.3. The monoisotopic (exact) mass is 353 g/mol. The average Bonchev–Trinajstić information content (AvgIpc) is 2.60. The fourth-order valence-electron chi connectivity index (χ4n) is 1.93. The lowest BCUT2D eigenvalue weighted by atomic mass is 10.3. The van der Waals surface area contributed by atoms with Crippen molar-refractivity contribution >= 4 is 31.3 Å². The van der Waals surface area contributed by atoms with Crippen LogP contribution in [0.4, 0.5) is 11.4 Å². The summed E-state index contributed by atoms with van der Waals surface area (Å²) in [5, 5.41) is 0. The van der Waals surface area contributed by atoms with Crippen LogP contribution in [0.25, 0.3) is 0 Å². The zero-order chi connectivity index (χ0) is 18.3. The maximum absolute atomic E-state index is 12.6. The lowest BCUT2D eigenvalue weighted by molar-refractivity contribution is -0.152. The molecule has 0 atom stereocenters. The number of amides is 1. The van der Waals surface area contributed by atoms with Crippen LogP contribution in [0.5, 0.6) is 0 Å². The summed E-state index contributed by atoms with van der Waals surface area (Å²) < 4.78 is 5.01. The Morgan fingerprint density at radius 2 is 1.48 bits per heavy atom. The fraction of sp³-hybridized carbons (Fsp3) is 0.222. The van der Waals surface area contributed by atoms with Crippen molar-refractivity contribution in [3.8, 4) is 11.5 Å². The minimum absolute atomic E-state index is 0.102. The molecule has 0 saturated heterocycles. The second kappa shape index (κ2) is 8.21. The lowest BCUT2D eigenvalue weighted by Crippen LogP contribution is -2.34. The van der Waals surface area contributed by atoms with Gasteiger partial charge in [0, 0.05) is 24.8 Å². The van der Waals surface area contributed by atoms with Gasteiger partial charge in [0.15, 0.2) is 6.61 Å². The van der Waals surface area contributed by atoms with E-state index in [-0.39, 0.29) is 6.61 Å². The smallest absolute Gasteiger partial charge is 0.398 e. The molecular formula is C18H19N3O3Si. The predicted molar refractivity (Wildman–Crippen MR) is 97.7 cm³/mol. The summed E-state index contributed by atoms with van der Waals surface area (Å²) in [6.07, 6.45) is 6.17. The van der Waals surface area contributed by atoms with Gasteiger partial charge in [-0.2, -0.15) is 0 Å². The number of carbonyl (C=O) groups is 2. The normalized spacial score (nSPS) is 10.4. The highest BCUT2D eigenvalue weighted by molar-refractivity contribution is 6.83. The van der Waals surface area contributed by atoms with Crippen LogP contribution in [0.2, 0.25) is 19.6 Å². The molecular weight excluding hydrogens is 334 g/mol. The van der Waals surface area contributed by atoms with Gasteiger partial charge in [-0.25, -0.2) is 4.79 Å². The molecule has 0 aliphatic rings. The summed E-state index contributed by atoms with van der Waals surface area (Å²) in [5.41, 5.74) is 4.10. The van der Waals surface area contributed by atoms with Gasteiger partial charge in [0.05, 0.1) is 11.4 Å². The van der Waals surface area contributed by atoms with Crippen LogP contribution in [0.1, 0.15) is 0 Å². The second-order valence-electron chi connectivity index (χ2n) is 6.18. The topological polar surface area (TPSA) is 72.4 Å². The summed E-state index contributed by atoms with van der Waals surface area (Å²) in [4.78, 5) is 33.9. The number of ether oxygens (including phenoxy) is 1. The van der Waals surface area contributed by atoms with Gasteiger partial charge in [0.25, 0.3) is 0 Å². The van der Waals surface area contributed by atoms with E-state index in [0.29, 0.717) is 11.4 Å². The molecule has 0 aromatic carbocycles.